The molecule has 0 spiro atoms. The maximum Gasteiger partial charge on any atom is 0.0685 e. The van der Waals surface area contributed by atoms with Crippen molar-refractivity contribution in [2.24, 2.45) is 5.92 Å². The van der Waals surface area contributed by atoms with Crippen LogP contribution in [0.2, 0.25) is 0 Å². The Balaban J connectivity index is 2.36. The zero-order chi connectivity index (χ0) is 17.3. The maximum atomic E-state index is 10.2. The number of hydrogen-bond donors (Lipinski definition) is 2. The molecule has 1 aliphatic rings. The highest BCUT2D eigenvalue weighted by Crippen LogP contribution is 2.31. The number of allylic oxidation sites excluding steroid dienone is 1. The first-order valence-electron chi connectivity index (χ1n) is 9.10. The van der Waals surface area contributed by atoms with Crippen molar-refractivity contribution in [2.75, 3.05) is 13.2 Å². The monoisotopic (exact) mass is 324 g/mol. The summed E-state index contributed by atoms with van der Waals surface area (Å²) in [5.41, 5.74) is 2.43. The predicted molar refractivity (Wildman–Crippen MR) is 96.4 cm³/mol. The summed E-state index contributed by atoms with van der Waals surface area (Å²) in [6, 6.07) is 0. The van der Waals surface area contributed by atoms with E-state index < -0.39 is 0 Å². The molecule has 0 aliphatic carbocycles. The fourth-order valence-corrected chi connectivity index (χ4v) is 3.17. The van der Waals surface area contributed by atoms with E-state index in [-0.39, 0.29) is 18.3 Å². The minimum atomic E-state index is -0.244. The zero-order valence-electron chi connectivity index (χ0n) is 15.5. The molecule has 1 rings (SSSR count). The molecule has 1 fully saturated rings. The van der Waals surface area contributed by atoms with E-state index in [1.54, 1.807) is 0 Å². The summed E-state index contributed by atoms with van der Waals surface area (Å²) >= 11 is 0. The van der Waals surface area contributed by atoms with Gasteiger partial charge in [0.2, 0.25) is 0 Å². The Bertz CT molecular complexity index is 396. The minimum Gasteiger partial charge on any atom is -0.393 e. The van der Waals surface area contributed by atoms with Gasteiger partial charge in [-0.3, -0.25) is 0 Å². The lowest BCUT2D eigenvalue weighted by Gasteiger charge is -2.29. The molecule has 0 aromatic carbocycles. The fraction of sp³-hybridized carbons (Fsp3) is 0.800. The van der Waals surface area contributed by atoms with Crippen LogP contribution in [0.5, 0.6) is 0 Å². The molecule has 134 valence electrons. The number of aliphatic hydroxyl groups excluding tert-OH is 2. The van der Waals surface area contributed by atoms with Crippen molar-refractivity contribution in [2.45, 2.75) is 84.3 Å². The Kier molecular flexibility index (Phi) is 9.11. The van der Waals surface area contributed by atoms with Crippen LogP contribution in [0.4, 0.5) is 0 Å². The Morgan fingerprint density at radius 1 is 1.39 bits per heavy atom. The van der Waals surface area contributed by atoms with E-state index in [1.165, 1.54) is 11.1 Å². The van der Waals surface area contributed by atoms with Gasteiger partial charge in [-0.05, 0) is 70.8 Å². The molecule has 0 amide bonds. The highest BCUT2D eigenvalue weighted by atomic mass is 16.5. The standard InChI is InChI=1S/C20H36O3/c1-16(2)9-10-19(22)17(3)7-5-12-20(4)13-6-8-18(11-14-21)15-23-20/h9,11,17,19,21-22H,5-8,10,12-15H2,1-4H3. The van der Waals surface area contributed by atoms with Crippen LogP contribution in [-0.2, 0) is 4.74 Å². The second kappa shape index (κ2) is 10.3. The Morgan fingerprint density at radius 3 is 2.78 bits per heavy atom. The van der Waals surface area contributed by atoms with Gasteiger partial charge in [-0.15, -0.1) is 0 Å². The quantitative estimate of drug-likeness (QED) is 0.651. The number of aliphatic hydroxyl groups is 2. The second-order valence-electron chi connectivity index (χ2n) is 7.59. The number of rotatable bonds is 8. The highest BCUT2D eigenvalue weighted by Gasteiger charge is 2.27. The first-order chi connectivity index (χ1) is 10.9. The summed E-state index contributed by atoms with van der Waals surface area (Å²) in [6.07, 6.45) is 10.9. The van der Waals surface area contributed by atoms with Crippen molar-refractivity contribution in [3.8, 4) is 0 Å². The lowest BCUT2D eigenvalue weighted by molar-refractivity contribution is -0.0289. The number of ether oxygens (including phenoxy) is 1. The van der Waals surface area contributed by atoms with E-state index in [2.05, 4.69) is 33.8 Å². The van der Waals surface area contributed by atoms with Crippen LogP contribution in [-0.4, -0.2) is 35.1 Å². The van der Waals surface area contributed by atoms with E-state index in [0.29, 0.717) is 12.5 Å². The van der Waals surface area contributed by atoms with Gasteiger partial charge < -0.3 is 14.9 Å². The lowest BCUT2D eigenvalue weighted by atomic mass is 9.89. The summed E-state index contributed by atoms with van der Waals surface area (Å²) in [7, 11) is 0. The molecule has 3 atom stereocenters. The fourth-order valence-electron chi connectivity index (χ4n) is 3.17. The van der Waals surface area contributed by atoms with Crippen LogP contribution in [0.1, 0.15) is 72.6 Å². The van der Waals surface area contributed by atoms with Gasteiger partial charge in [0.05, 0.1) is 24.9 Å². The van der Waals surface area contributed by atoms with Crippen molar-refractivity contribution in [1.82, 2.24) is 0 Å². The molecule has 3 heteroatoms. The molecule has 0 saturated carbocycles. The van der Waals surface area contributed by atoms with Crippen LogP contribution in [0.15, 0.2) is 23.3 Å². The van der Waals surface area contributed by atoms with Gasteiger partial charge in [0.1, 0.15) is 0 Å². The van der Waals surface area contributed by atoms with Crippen LogP contribution >= 0.6 is 0 Å². The van der Waals surface area contributed by atoms with Gasteiger partial charge in [-0.25, -0.2) is 0 Å². The first kappa shape index (κ1) is 20.4. The topological polar surface area (TPSA) is 49.7 Å². The first-order valence-corrected chi connectivity index (χ1v) is 9.10. The third kappa shape index (κ3) is 8.14. The summed E-state index contributed by atoms with van der Waals surface area (Å²) in [5, 5.41) is 19.2. The van der Waals surface area contributed by atoms with Gasteiger partial charge >= 0.3 is 0 Å². The largest absolute Gasteiger partial charge is 0.393 e. The molecule has 1 aliphatic heterocycles. The van der Waals surface area contributed by atoms with Crippen molar-refractivity contribution in [1.29, 1.82) is 0 Å². The van der Waals surface area contributed by atoms with E-state index in [4.69, 9.17) is 9.84 Å². The van der Waals surface area contributed by atoms with Crippen molar-refractivity contribution in [3.63, 3.8) is 0 Å². The summed E-state index contributed by atoms with van der Waals surface area (Å²) < 4.78 is 6.13. The SMILES string of the molecule is CC(C)=CCC(O)C(C)CCCC1(C)CCCC(=CCO)CO1. The average molecular weight is 325 g/mol. The summed E-state index contributed by atoms with van der Waals surface area (Å²) in [4.78, 5) is 0. The van der Waals surface area contributed by atoms with E-state index in [9.17, 15) is 5.11 Å². The van der Waals surface area contributed by atoms with Crippen LogP contribution in [0.3, 0.4) is 0 Å². The predicted octanol–water partition coefficient (Wildman–Crippen LogP) is 4.39. The van der Waals surface area contributed by atoms with Crippen LogP contribution in [0.25, 0.3) is 0 Å². The van der Waals surface area contributed by atoms with Crippen molar-refractivity contribution >= 4 is 0 Å². The molecule has 3 unspecified atom stereocenters. The van der Waals surface area contributed by atoms with Crippen LogP contribution in [0, 0.1) is 5.92 Å². The molecule has 2 N–H and O–H groups in total. The summed E-state index contributed by atoms with van der Waals surface area (Å²) in [6.45, 7) is 9.25. The Morgan fingerprint density at radius 2 is 2.13 bits per heavy atom. The van der Waals surface area contributed by atoms with Gasteiger partial charge in [-0.2, -0.15) is 0 Å². The van der Waals surface area contributed by atoms with Crippen molar-refractivity contribution < 1.29 is 14.9 Å². The van der Waals surface area contributed by atoms with E-state index in [1.807, 2.05) is 6.08 Å². The average Bonchev–Trinajstić information content (AvgIpc) is 2.67. The minimum absolute atomic E-state index is 0.0599. The van der Waals surface area contributed by atoms with E-state index >= 15 is 0 Å². The third-order valence-electron chi connectivity index (χ3n) is 4.98. The molecule has 0 bridgehead atoms. The molecular weight excluding hydrogens is 288 g/mol. The van der Waals surface area contributed by atoms with Crippen molar-refractivity contribution in [3.05, 3.63) is 23.3 Å². The zero-order valence-corrected chi connectivity index (χ0v) is 15.5. The molecule has 1 saturated heterocycles. The summed E-state index contributed by atoms with van der Waals surface area (Å²) in [5.74, 6) is 0.324. The van der Waals surface area contributed by atoms with Gasteiger partial charge in [0, 0.05) is 0 Å². The maximum absolute atomic E-state index is 10.2. The van der Waals surface area contributed by atoms with Gasteiger partial charge in [0.25, 0.3) is 0 Å². The Hall–Kier alpha value is -0.640. The second-order valence-corrected chi connectivity index (χ2v) is 7.59. The third-order valence-corrected chi connectivity index (χ3v) is 4.98. The molecule has 1 heterocycles. The molecular formula is C20H36O3. The Labute approximate surface area is 142 Å². The highest BCUT2D eigenvalue weighted by molar-refractivity contribution is 5.05. The smallest absolute Gasteiger partial charge is 0.0685 e. The lowest BCUT2D eigenvalue weighted by Crippen LogP contribution is -2.28. The van der Waals surface area contributed by atoms with Crippen LogP contribution < -0.4 is 0 Å². The molecule has 0 aromatic rings. The number of hydrogen-bond acceptors (Lipinski definition) is 3. The van der Waals surface area contributed by atoms with Gasteiger partial charge in [-0.1, -0.05) is 31.1 Å². The molecule has 0 radical (unpaired) electrons. The normalized spacial score (nSPS) is 26.6. The van der Waals surface area contributed by atoms with Gasteiger partial charge in [0.15, 0.2) is 0 Å². The molecule has 3 nitrogen and oxygen atoms in total. The molecule has 0 aromatic heterocycles. The van der Waals surface area contributed by atoms with E-state index in [0.717, 1.165) is 44.9 Å². The molecule has 23 heavy (non-hydrogen) atoms.